The van der Waals surface area contributed by atoms with Crippen LogP contribution in [0.5, 0.6) is 0 Å². The molecule has 0 aliphatic heterocycles. The second-order valence-corrected chi connectivity index (χ2v) is 9.97. The number of rotatable bonds is 7. The average molecular weight is 534 g/mol. The van der Waals surface area contributed by atoms with Crippen molar-refractivity contribution in [3.8, 4) is 11.3 Å². The zero-order chi connectivity index (χ0) is 26.9. The van der Waals surface area contributed by atoms with E-state index in [1.54, 1.807) is 16.5 Å². The molecule has 1 amide bonds. The number of nitrogens with zero attached hydrogens (tertiary/aromatic N) is 4. The van der Waals surface area contributed by atoms with Crippen LogP contribution in [-0.2, 0) is 6.42 Å². The zero-order valence-electron chi connectivity index (χ0n) is 20.9. The number of aromatic carboxylic acids is 1. The van der Waals surface area contributed by atoms with Crippen molar-refractivity contribution in [1.82, 2.24) is 24.3 Å². The van der Waals surface area contributed by atoms with Gasteiger partial charge in [0.1, 0.15) is 11.5 Å². The summed E-state index contributed by atoms with van der Waals surface area (Å²) >= 11 is 1.34. The highest BCUT2D eigenvalue weighted by molar-refractivity contribution is 7.03. The van der Waals surface area contributed by atoms with E-state index in [4.69, 9.17) is 0 Å². The van der Waals surface area contributed by atoms with Gasteiger partial charge < -0.3 is 10.4 Å². The van der Waals surface area contributed by atoms with Gasteiger partial charge in [-0.15, -0.1) is 10.2 Å². The van der Waals surface area contributed by atoms with E-state index >= 15 is 0 Å². The van der Waals surface area contributed by atoms with E-state index in [0.29, 0.717) is 23.6 Å². The number of hydrogen-bond donors (Lipinski definition) is 2. The third-order valence-corrected chi connectivity index (χ3v) is 7.28. The molecule has 0 aliphatic carbocycles. The minimum absolute atomic E-state index is 0.192. The lowest BCUT2D eigenvalue weighted by atomic mass is 10.0. The predicted octanol–water partition coefficient (Wildman–Crippen LogP) is 5.79. The predicted molar refractivity (Wildman–Crippen MR) is 150 cm³/mol. The van der Waals surface area contributed by atoms with Crippen LogP contribution in [0.1, 0.15) is 50.8 Å². The molecule has 3 heterocycles. The van der Waals surface area contributed by atoms with E-state index in [1.165, 1.54) is 23.7 Å². The monoisotopic (exact) mass is 533 g/mol. The molecule has 1 atom stereocenters. The molecule has 0 bridgehead atoms. The molecule has 0 saturated heterocycles. The lowest BCUT2D eigenvalue weighted by Gasteiger charge is -2.16. The van der Waals surface area contributed by atoms with Crippen molar-refractivity contribution in [3.63, 3.8) is 0 Å². The SMILES string of the molecule is C[C@H](NC(=O)c1cc(-c2ccsn2)cc2nnc(Cc3ccc4ccccc4c3)n12)c1ccc(C(=O)O)cc1. The van der Waals surface area contributed by atoms with Crippen molar-refractivity contribution in [2.45, 2.75) is 19.4 Å². The normalized spacial score (nSPS) is 12.0. The number of carboxylic acid groups (broad SMARTS) is 1. The molecule has 6 rings (SSSR count). The fourth-order valence-corrected chi connectivity index (χ4v) is 5.20. The third-order valence-electron chi connectivity index (χ3n) is 6.72. The van der Waals surface area contributed by atoms with Gasteiger partial charge in [-0.1, -0.05) is 54.6 Å². The molecule has 6 aromatic rings. The fraction of sp³-hybridized carbons (Fsp3) is 0.100. The minimum atomic E-state index is -0.994. The molecule has 0 spiro atoms. The molecule has 0 aliphatic rings. The number of carbonyl (C=O) groups excluding carboxylic acids is 1. The van der Waals surface area contributed by atoms with Crippen LogP contribution in [0.4, 0.5) is 0 Å². The smallest absolute Gasteiger partial charge is 0.335 e. The van der Waals surface area contributed by atoms with Gasteiger partial charge in [0.15, 0.2) is 5.65 Å². The Morgan fingerprint density at radius 2 is 1.74 bits per heavy atom. The Hall–Kier alpha value is -4.89. The Labute approximate surface area is 227 Å². The lowest BCUT2D eigenvalue weighted by Crippen LogP contribution is -2.28. The average Bonchev–Trinajstić information content (AvgIpc) is 3.63. The Balaban J connectivity index is 1.38. The van der Waals surface area contributed by atoms with E-state index in [9.17, 15) is 14.7 Å². The van der Waals surface area contributed by atoms with Crippen molar-refractivity contribution < 1.29 is 14.7 Å². The number of aromatic nitrogens is 4. The zero-order valence-corrected chi connectivity index (χ0v) is 21.7. The summed E-state index contributed by atoms with van der Waals surface area (Å²) in [4.78, 5) is 24.9. The van der Waals surface area contributed by atoms with Gasteiger partial charge in [-0.05, 0) is 70.7 Å². The molecule has 9 heteroatoms. The van der Waals surface area contributed by atoms with Crippen LogP contribution in [0.2, 0.25) is 0 Å². The summed E-state index contributed by atoms with van der Waals surface area (Å²) in [6.07, 6.45) is 0.495. The quantitative estimate of drug-likeness (QED) is 0.269. The number of amides is 1. The summed E-state index contributed by atoms with van der Waals surface area (Å²) in [5, 5.41) is 25.3. The van der Waals surface area contributed by atoms with E-state index in [0.717, 1.165) is 33.2 Å². The van der Waals surface area contributed by atoms with Crippen LogP contribution < -0.4 is 5.32 Å². The Morgan fingerprint density at radius 1 is 0.949 bits per heavy atom. The van der Waals surface area contributed by atoms with Crippen molar-refractivity contribution in [2.24, 2.45) is 0 Å². The molecule has 0 radical (unpaired) electrons. The number of carboxylic acids is 1. The Kier molecular flexibility index (Phi) is 6.34. The van der Waals surface area contributed by atoms with Crippen LogP contribution in [-0.4, -0.2) is 36.0 Å². The van der Waals surface area contributed by atoms with E-state index in [2.05, 4.69) is 50.2 Å². The molecule has 3 aromatic heterocycles. The summed E-state index contributed by atoms with van der Waals surface area (Å²) in [7, 11) is 0. The van der Waals surface area contributed by atoms with Gasteiger partial charge in [-0.2, -0.15) is 4.37 Å². The molecular formula is C30H23N5O3S. The summed E-state index contributed by atoms with van der Waals surface area (Å²) in [5.41, 5.74) is 4.53. The highest BCUT2D eigenvalue weighted by Gasteiger charge is 2.20. The van der Waals surface area contributed by atoms with Gasteiger partial charge >= 0.3 is 5.97 Å². The first-order valence-electron chi connectivity index (χ1n) is 12.4. The molecule has 0 saturated carbocycles. The first-order chi connectivity index (χ1) is 19.0. The maximum Gasteiger partial charge on any atom is 0.335 e. The maximum absolute atomic E-state index is 13.7. The highest BCUT2D eigenvalue weighted by atomic mass is 32.1. The molecule has 0 fully saturated rings. The second-order valence-electron chi connectivity index (χ2n) is 9.30. The van der Waals surface area contributed by atoms with Crippen molar-refractivity contribution in [3.05, 3.63) is 119 Å². The van der Waals surface area contributed by atoms with Gasteiger partial charge in [-0.25, -0.2) is 4.79 Å². The van der Waals surface area contributed by atoms with Crippen LogP contribution in [0, 0.1) is 0 Å². The van der Waals surface area contributed by atoms with Crippen LogP contribution in [0.15, 0.2) is 90.3 Å². The molecule has 39 heavy (non-hydrogen) atoms. The third kappa shape index (κ3) is 4.87. The highest BCUT2D eigenvalue weighted by Crippen LogP contribution is 2.25. The Morgan fingerprint density at radius 3 is 2.49 bits per heavy atom. The van der Waals surface area contributed by atoms with Gasteiger partial charge in [0, 0.05) is 17.4 Å². The molecular weight excluding hydrogens is 510 g/mol. The number of benzene rings is 3. The van der Waals surface area contributed by atoms with Crippen molar-refractivity contribution in [2.75, 3.05) is 0 Å². The summed E-state index contributed by atoms with van der Waals surface area (Å²) in [5.74, 6) is -0.647. The van der Waals surface area contributed by atoms with Crippen molar-refractivity contribution >= 4 is 39.8 Å². The number of fused-ring (bicyclic) bond motifs is 2. The molecule has 192 valence electrons. The first kappa shape index (κ1) is 24.4. The van der Waals surface area contributed by atoms with Gasteiger partial charge in [0.05, 0.1) is 17.3 Å². The van der Waals surface area contributed by atoms with E-state index < -0.39 is 5.97 Å². The Bertz CT molecular complexity index is 1830. The van der Waals surface area contributed by atoms with Gasteiger partial charge in [-0.3, -0.25) is 9.20 Å². The topological polar surface area (TPSA) is 109 Å². The minimum Gasteiger partial charge on any atom is -0.478 e. The molecule has 2 N–H and O–H groups in total. The molecule has 8 nitrogen and oxygen atoms in total. The summed E-state index contributed by atoms with van der Waals surface area (Å²) in [6, 6.07) is 26.2. The number of hydrogen-bond acceptors (Lipinski definition) is 6. The van der Waals surface area contributed by atoms with Crippen LogP contribution >= 0.6 is 11.5 Å². The van der Waals surface area contributed by atoms with E-state index in [1.807, 2.05) is 42.6 Å². The van der Waals surface area contributed by atoms with Crippen molar-refractivity contribution in [1.29, 1.82) is 0 Å². The number of nitrogens with one attached hydrogen (secondary N) is 1. The summed E-state index contributed by atoms with van der Waals surface area (Å²) in [6.45, 7) is 1.86. The number of pyridine rings is 1. The standard InChI is InChI=1S/C30H23N5O3S/c1-18(20-8-10-22(11-9-20)30(37)38)31-29(36)26-16-24(25-12-13-39-34-25)17-28-33-32-27(35(26)28)15-19-6-7-21-4-2-3-5-23(21)14-19/h2-14,16-18H,15H2,1H3,(H,31,36)(H,37,38)/t18-/m0/s1. The van der Waals surface area contributed by atoms with Gasteiger partial charge in [0.25, 0.3) is 5.91 Å². The summed E-state index contributed by atoms with van der Waals surface area (Å²) < 4.78 is 6.23. The van der Waals surface area contributed by atoms with Crippen LogP contribution in [0.3, 0.4) is 0 Å². The first-order valence-corrected chi connectivity index (χ1v) is 13.2. The molecule has 0 unspecified atom stereocenters. The second kappa shape index (κ2) is 10.1. The van der Waals surface area contributed by atoms with Crippen LogP contribution in [0.25, 0.3) is 27.7 Å². The van der Waals surface area contributed by atoms with Gasteiger partial charge in [0.2, 0.25) is 0 Å². The fourth-order valence-electron chi connectivity index (χ4n) is 4.67. The number of carbonyl (C=O) groups is 2. The lowest BCUT2D eigenvalue weighted by molar-refractivity contribution is 0.0696. The largest absolute Gasteiger partial charge is 0.478 e. The maximum atomic E-state index is 13.7. The van der Waals surface area contributed by atoms with E-state index in [-0.39, 0.29) is 17.5 Å². The molecule has 3 aromatic carbocycles.